The van der Waals surface area contributed by atoms with Crippen molar-refractivity contribution in [3.63, 3.8) is 0 Å². The number of hydrogen-bond donors (Lipinski definition) is 2. The highest BCUT2D eigenvalue weighted by Crippen LogP contribution is 2.27. The molecular formula is C13H14N2O5S. The zero-order chi connectivity index (χ0) is 15.4. The summed E-state index contributed by atoms with van der Waals surface area (Å²) in [4.78, 5) is 27.8. The first-order valence-corrected chi connectivity index (χ1v) is 6.89. The van der Waals surface area contributed by atoms with Crippen LogP contribution in [0.15, 0.2) is 22.8 Å². The first kappa shape index (κ1) is 15.2. The van der Waals surface area contributed by atoms with E-state index < -0.39 is 18.0 Å². The average molecular weight is 310 g/mol. The standard InChI is InChI=1S/C13H14N2O5S/c1-7-10(11(16)14-6-9(19-2)13(17)18)15-12(21-7)8-4-3-5-20-8/h3-5,9H,6H2,1-2H3,(H,14,16)(H,17,18). The number of carboxylic acids is 1. The third-order valence-electron chi connectivity index (χ3n) is 2.75. The van der Waals surface area contributed by atoms with Gasteiger partial charge in [-0.1, -0.05) is 0 Å². The van der Waals surface area contributed by atoms with Gasteiger partial charge in [0, 0.05) is 12.0 Å². The molecule has 2 rings (SSSR count). The zero-order valence-corrected chi connectivity index (χ0v) is 12.3. The Hall–Kier alpha value is -2.19. The van der Waals surface area contributed by atoms with Crippen molar-refractivity contribution in [1.29, 1.82) is 0 Å². The number of aromatic nitrogens is 1. The number of thiazole rings is 1. The summed E-state index contributed by atoms with van der Waals surface area (Å²) >= 11 is 1.33. The summed E-state index contributed by atoms with van der Waals surface area (Å²) < 4.78 is 9.98. The van der Waals surface area contributed by atoms with Crippen LogP contribution in [0, 0.1) is 6.92 Å². The van der Waals surface area contributed by atoms with Crippen molar-refractivity contribution in [2.75, 3.05) is 13.7 Å². The van der Waals surface area contributed by atoms with Crippen molar-refractivity contribution in [3.05, 3.63) is 29.0 Å². The van der Waals surface area contributed by atoms with E-state index in [1.165, 1.54) is 24.7 Å². The first-order valence-electron chi connectivity index (χ1n) is 6.08. The van der Waals surface area contributed by atoms with E-state index in [0.29, 0.717) is 10.8 Å². The van der Waals surface area contributed by atoms with Crippen molar-refractivity contribution in [1.82, 2.24) is 10.3 Å². The van der Waals surface area contributed by atoms with Gasteiger partial charge in [-0.2, -0.15) is 0 Å². The zero-order valence-electron chi connectivity index (χ0n) is 11.5. The molecule has 1 atom stereocenters. The highest BCUT2D eigenvalue weighted by Gasteiger charge is 2.21. The fraction of sp³-hybridized carbons (Fsp3) is 0.308. The average Bonchev–Trinajstić information content (AvgIpc) is 3.07. The van der Waals surface area contributed by atoms with Crippen molar-refractivity contribution in [3.8, 4) is 10.8 Å². The van der Waals surface area contributed by atoms with Gasteiger partial charge in [-0.3, -0.25) is 4.79 Å². The Kier molecular flexibility index (Phi) is 4.71. The number of rotatable bonds is 6. The highest BCUT2D eigenvalue weighted by atomic mass is 32.1. The second-order valence-corrected chi connectivity index (χ2v) is 5.38. The molecule has 7 nitrogen and oxygen atoms in total. The number of carbonyl (C=O) groups excluding carboxylic acids is 1. The van der Waals surface area contributed by atoms with Crippen LogP contribution in [0.1, 0.15) is 15.4 Å². The Balaban J connectivity index is 2.08. The third-order valence-corrected chi connectivity index (χ3v) is 3.74. The van der Waals surface area contributed by atoms with Crippen LogP contribution in [0.3, 0.4) is 0 Å². The molecule has 0 aliphatic carbocycles. The van der Waals surface area contributed by atoms with Crippen LogP contribution in [-0.2, 0) is 9.53 Å². The maximum Gasteiger partial charge on any atom is 0.334 e. The lowest BCUT2D eigenvalue weighted by atomic mass is 10.3. The van der Waals surface area contributed by atoms with Gasteiger partial charge in [-0.25, -0.2) is 9.78 Å². The van der Waals surface area contributed by atoms with Crippen molar-refractivity contribution < 1.29 is 23.8 Å². The van der Waals surface area contributed by atoms with E-state index in [-0.39, 0.29) is 12.2 Å². The molecular weight excluding hydrogens is 296 g/mol. The van der Waals surface area contributed by atoms with E-state index in [2.05, 4.69) is 10.3 Å². The molecule has 2 N–H and O–H groups in total. The van der Waals surface area contributed by atoms with E-state index in [9.17, 15) is 9.59 Å². The van der Waals surface area contributed by atoms with Crippen molar-refractivity contribution in [2.24, 2.45) is 0 Å². The van der Waals surface area contributed by atoms with Crippen LogP contribution in [0.25, 0.3) is 10.8 Å². The second-order valence-electron chi connectivity index (χ2n) is 4.17. The van der Waals surface area contributed by atoms with Gasteiger partial charge in [-0.15, -0.1) is 11.3 Å². The van der Waals surface area contributed by atoms with Crippen LogP contribution in [0.4, 0.5) is 0 Å². The Morgan fingerprint density at radius 2 is 2.33 bits per heavy atom. The summed E-state index contributed by atoms with van der Waals surface area (Å²) in [7, 11) is 1.27. The summed E-state index contributed by atoms with van der Waals surface area (Å²) in [6.07, 6.45) is 0.444. The molecule has 0 aliphatic heterocycles. The maximum absolute atomic E-state index is 12.0. The fourth-order valence-corrected chi connectivity index (χ4v) is 2.53. The lowest BCUT2D eigenvalue weighted by molar-refractivity contribution is -0.148. The van der Waals surface area contributed by atoms with Crippen LogP contribution >= 0.6 is 11.3 Å². The lowest BCUT2D eigenvalue weighted by Gasteiger charge is -2.10. The number of methoxy groups -OCH3 is 1. The summed E-state index contributed by atoms with van der Waals surface area (Å²) in [6, 6.07) is 3.49. The van der Waals surface area contributed by atoms with Gasteiger partial charge in [-0.05, 0) is 19.1 Å². The Bertz CT molecular complexity index is 635. The maximum atomic E-state index is 12.0. The number of ether oxygens (including phenoxy) is 1. The number of carbonyl (C=O) groups is 2. The highest BCUT2D eigenvalue weighted by molar-refractivity contribution is 7.15. The number of aliphatic carboxylic acids is 1. The minimum Gasteiger partial charge on any atom is -0.479 e. The first-order chi connectivity index (χ1) is 10.0. The second kappa shape index (κ2) is 6.51. The van der Waals surface area contributed by atoms with Gasteiger partial charge < -0.3 is 19.6 Å². The van der Waals surface area contributed by atoms with Gasteiger partial charge >= 0.3 is 5.97 Å². The molecule has 0 saturated carbocycles. The minimum atomic E-state index is -1.14. The molecule has 1 unspecified atom stereocenters. The smallest absolute Gasteiger partial charge is 0.334 e. The minimum absolute atomic E-state index is 0.127. The van der Waals surface area contributed by atoms with Crippen molar-refractivity contribution >= 4 is 23.2 Å². The van der Waals surface area contributed by atoms with Gasteiger partial charge in [0.1, 0.15) is 5.69 Å². The number of nitrogens with zero attached hydrogens (tertiary/aromatic N) is 1. The van der Waals surface area contributed by atoms with E-state index in [1.54, 1.807) is 19.1 Å². The predicted octanol–water partition coefficient (Wildman–Crippen LogP) is 1.54. The normalized spacial score (nSPS) is 12.1. The van der Waals surface area contributed by atoms with Crippen LogP contribution in [0.2, 0.25) is 0 Å². The number of amides is 1. The van der Waals surface area contributed by atoms with Gasteiger partial charge in [0.2, 0.25) is 0 Å². The molecule has 0 aliphatic rings. The molecule has 0 fully saturated rings. The van der Waals surface area contributed by atoms with E-state index in [0.717, 1.165) is 4.88 Å². The molecule has 2 aromatic rings. The molecule has 21 heavy (non-hydrogen) atoms. The Labute approximate surface area is 124 Å². The molecule has 112 valence electrons. The molecule has 8 heteroatoms. The summed E-state index contributed by atoms with van der Waals surface area (Å²) in [6.45, 7) is 1.64. The van der Waals surface area contributed by atoms with Gasteiger partial charge in [0.25, 0.3) is 5.91 Å². The largest absolute Gasteiger partial charge is 0.479 e. The Morgan fingerprint density at radius 3 is 2.90 bits per heavy atom. The Morgan fingerprint density at radius 1 is 1.57 bits per heavy atom. The van der Waals surface area contributed by atoms with Crippen molar-refractivity contribution in [2.45, 2.75) is 13.0 Å². The number of hydrogen-bond acceptors (Lipinski definition) is 6. The molecule has 0 saturated heterocycles. The summed E-state index contributed by atoms with van der Waals surface area (Å²) in [5.41, 5.74) is 0.256. The number of aryl methyl sites for hydroxylation is 1. The molecule has 2 aromatic heterocycles. The van der Waals surface area contributed by atoms with Gasteiger partial charge in [0.05, 0.1) is 12.8 Å². The molecule has 0 radical (unpaired) electrons. The fourth-order valence-electron chi connectivity index (χ4n) is 1.65. The summed E-state index contributed by atoms with van der Waals surface area (Å²) in [5, 5.41) is 11.9. The van der Waals surface area contributed by atoms with Crippen LogP contribution < -0.4 is 5.32 Å². The SMILES string of the molecule is COC(CNC(=O)c1nc(-c2ccco2)sc1C)C(=O)O. The number of nitrogens with one attached hydrogen (secondary N) is 1. The predicted molar refractivity (Wildman–Crippen MR) is 75.3 cm³/mol. The topological polar surface area (TPSA) is 102 Å². The monoisotopic (exact) mass is 310 g/mol. The van der Waals surface area contributed by atoms with Gasteiger partial charge in [0.15, 0.2) is 16.9 Å². The van der Waals surface area contributed by atoms with Crippen LogP contribution in [0.5, 0.6) is 0 Å². The third kappa shape index (κ3) is 3.47. The lowest BCUT2D eigenvalue weighted by Crippen LogP contribution is -2.38. The van der Waals surface area contributed by atoms with E-state index in [4.69, 9.17) is 14.3 Å². The van der Waals surface area contributed by atoms with E-state index >= 15 is 0 Å². The molecule has 0 spiro atoms. The molecule has 1 amide bonds. The summed E-state index contributed by atoms with van der Waals surface area (Å²) in [5.74, 6) is -0.989. The van der Waals surface area contributed by atoms with Crippen LogP contribution in [-0.4, -0.2) is 41.7 Å². The molecule has 0 aromatic carbocycles. The quantitative estimate of drug-likeness (QED) is 0.839. The van der Waals surface area contributed by atoms with E-state index in [1.807, 2.05) is 0 Å². The number of furan rings is 1. The molecule has 2 heterocycles. The number of carboxylic acid groups (broad SMARTS) is 1. The molecule has 0 bridgehead atoms.